The third-order valence-electron chi connectivity index (χ3n) is 2.28. The summed E-state index contributed by atoms with van der Waals surface area (Å²) in [5.74, 6) is -0.510. The topological polar surface area (TPSA) is 92.5 Å². The summed E-state index contributed by atoms with van der Waals surface area (Å²) in [5.41, 5.74) is -0.168. The molecule has 0 aromatic heterocycles. The minimum Gasteiger partial charge on any atom is -0.506 e. The lowest BCUT2D eigenvalue weighted by atomic mass is 10.1. The maximum Gasteiger partial charge on any atom is 0.271 e. The summed E-state index contributed by atoms with van der Waals surface area (Å²) in [7, 11) is 0. The molecule has 98 valence electrons. The molecule has 7 heteroatoms. The van der Waals surface area contributed by atoms with Gasteiger partial charge in [-0.25, -0.2) is 0 Å². The number of anilines is 1. The van der Waals surface area contributed by atoms with E-state index in [0.29, 0.717) is 0 Å². The molecule has 0 saturated carbocycles. The van der Waals surface area contributed by atoms with Gasteiger partial charge in [0.2, 0.25) is 5.91 Å². The summed E-state index contributed by atoms with van der Waals surface area (Å²) < 4.78 is 0. The van der Waals surface area contributed by atoms with E-state index >= 15 is 0 Å². The number of nitro benzene ring substituents is 1. The standard InChI is InChI=1S/C11H13BrN2O4/c1-6(2)10(12)11(16)13-8-5-7(14(17)18)3-4-9(8)15/h3-6,10,15H,1-2H3,(H,13,16). The molecule has 6 nitrogen and oxygen atoms in total. The van der Waals surface area contributed by atoms with Crippen LogP contribution in [0.2, 0.25) is 0 Å². The summed E-state index contributed by atoms with van der Waals surface area (Å²) >= 11 is 3.21. The molecule has 1 atom stereocenters. The van der Waals surface area contributed by atoms with Crippen LogP contribution in [0.15, 0.2) is 18.2 Å². The zero-order chi connectivity index (χ0) is 13.9. The van der Waals surface area contributed by atoms with E-state index in [1.807, 2.05) is 13.8 Å². The number of rotatable bonds is 4. The van der Waals surface area contributed by atoms with Crippen molar-refractivity contribution < 1.29 is 14.8 Å². The molecule has 0 heterocycles. The normalized spacial score (nSPS) is 12.2. The van der Waals surface area contributed by atoms with E-state index in [9.17, 15) is 20.0 Å². The number of aromatic hydroxyl groups is 1. The minimum atomic E-state index is -0.594. The number of carbonyl (C=O) groups is 1. The van der Waals surface area contributed by atoms with Crippen LogP contribution >= 0.6 is 15.9 Å². The van der Waals surface area contributed by atoms with E-state index in [1.165, 1.54) is 12.1 Å². The second kappa shape index (κ2) is 5.81. The van der Waals surface area contributed by atoms with Crippen molar-refractivity contribution in [3.63, 3.8) is 0 Å². The van der Waals surface area contributed by atoms with Gasteiger partial charge in [0.05, 0.1) is 15.4 Å². The minimum absolute atomic E-state index is 0.0271. The van der Waals surface area contributed by atoms with Crippen LogP contribution in [0.25, 0.3) is 0 Å². The number of hydrogen-bond acceptors (Lipinski definition) is 4. The number of halogens is 1. The van der Waals surface area contributed by atoms with Gasteiger partial charge in [-0.05, 0) is 12.0 Å². The van der Waals surface area contributed by atoms with Gasteiger partial charge in [0.1, 0.15) is 5.75 Å². The summed E-state index contributed by atoms with van der Waals surface area (Å²) in [6.07, 6.45) is 0. The lowest BCUT2D eigenvalue weighted by molar-refractivity contribution is -0.384. The first-order chi connectivity index (χ1) is 8.32. The van der Waals surface area contributed by atoms with E-state index < -0.39 is 9.75 Å². The second-order valence-corrected chi connectivity index (χ2v) is 5.08. The molecule has 1 unspecified atom stereocenters. The Morgan fingerprint density at radius 3 is 2.61 bits per heavy atom. The molecular formula is C11H13BrN2O4. The smallest absolute Gasteiger partial charge is 0.271 e. The van der Waals surface area contributed by atoms with Gasteiger partial charge in [-0.2, -0.15) is 0 Å². The molecule has 0 bridgehead atoms. The van der Waals surface area contributed by atoms with E-state index in [4.69, 9.17) is 0 Å². The van der Waals surface area contributed by atoms with Crippen LogP contribution < -0.4 is 5.32 Å². The molecule has 1 rings (SSSR count). The molecule has 0 radical (unpaired) electrons. The van der Waals surface area contributed by atoms with Crippen LogP contribution in [0.1, 0.15) is 13.8 Å². The first-order valence-electron chi connectivity index (χ1n) is 5.25. The summed E-state index contributed by atoms with van der Waals surface area (Å²) in [5, 5.41) is 22.6. The highest BCUT2D eigenvalue weighted by molar-refractivity contribution is 9.10. The number of amides is 1. The third kappa shape index (κ3) is 3.43. The highest BCUT2D eigenvalue weighted by Gasteiger charge is 2.20. The number of phenolic OH excluding ortho intramolecular Hbond substituents is 1. The average Bonchev–Trinajstić information content (AvgIpc) is 2.30. The van der Waals surface area contributed by atoms with Gasteiger partial charge in [0.25, 0.3) is 5.69 Å². The summed E-state index contributed by atoms with van der Waals surface area (Å²) in [4.78, 5) is 21.3. The fourth-order valence-electron chi connectivity index (χ4n) is 1.24. The average molecular weight is 317 g/mol. The van der Waals surface area contributed by atoms with Crippen molar-refractivity contribution >= 4 is 33.2 Å². The highest BCUT2D eigenvalue weighted by Crippen LogP contribution is 2.28. The Hall–Kier alpha value is -1.63. The van der Waals surface area contributed by atoms with Gasteiger partial charge in [0, 0.05) is 12.1 Å². The molecule has 0 spiro atoms. The predicted octanol–water partition coefficient (Wildman–Crippen LogP) is 2.66. The van der Waals surface area contributed by atoms with Gasteiger partial charge in [-0.3, -0.25) is 14.9 Å². The van der Waals surface area contributed by atoms with Crippen LogP contribution in [0.4, 0.5) is 11.4 Å². The van der Waals surface area contributed by atoms with Gasteiger partial charge >= 0.3 is 0 Å². The van der Waals surface area contributed by atoms with Crippen molar-refractivity contribution in [1.29, 1.82) is 0 Å². The van der Waals surface area contributed by atoms with E-state index in [1.54, 1.807) is 0 Å². The summed E-state index contributed by atoms with van der Waals surface area (Å²) in [6, 6.07) is 3.46. The molecule has 0 aliphatic heterocycles. The number of hydrogen-bond donors (Lipinski definition) is 2. The van der Waals surface area contributed by atoms with Gasteiger partial charge in [-0.15, -0.1) is 0 Å². The SMILES string of the molecule is CC(C)C(Br)C(=O)Nc1cc([N+](=O)[O-])ccc1O. The van der Waals surface area contributed by atoms with Crippen LogP contribution in [0.5, 0.6) is 5.75 Å². The largest absolute Gasteiger partial charge is 0.506 e. The monoisotopic (exact) mass is 316 g/mol. The van der Waals surface area contributed by atoms with Gasteiger partial charge in [0.15, 0.2) is 0 Å². The first kappa shape index (κ1) is 14.4. The van der Waals surface area contributed by atoms with E-state index in [0.717, 1.165) is 6.07 Å². The number of carbonyl (C=O) groups excluding carboxylic acids is 1. The lowest BCUT2D eigenvalue weighted by Crippen LogP contribution is -2.27. The van der Waals surface area contributed by atoms with Gasteiger partial charge in [-0.1, -0.05) is 29.8 Å². The Labute approximate surface area is 112 Å². The van der Waals surface area contributed by atoms with Crippen LogP contribution in [-0.4, -0.2) is 20.8 Å². The fourth-order valence-corrected chi connectivity index (χ4v) is 1.36. The maximum atomic E-state index is 11.7. The molecule has 1 aromatic carbocycles. The van der Waals surface area contributed by atoms with Crippen molar-refractivity contribution in [2.75, 3.05) is 5.32 Å². The van der Waals surface area contributed by atoms with Crippen molar-refractivity contribution in [3.05, 3.63) is 28.3 Å². The predicted molar refractivity (Wildman–Crippen MR) is 70.9 cm³/mol. The van der Waals surface area contributed by atoms with Gasteiger partial charge < -0.3 is 10.4 Å². The molecule has 0 aliphatic rings. The number of benzene rings is 1. The zero-order valence-electron chi connectivity index (χ0n) is 9.88. The molecule has 0 saturated heterocycles. The molecule has 0 fully saturated rings. The zero-order valence-corrected chi connectivity index (χ0v) is 11.5. The molecule has 1 aromatic rings. The highest BCUT2D eigenvalue weighted by atomic mass is 79.9. The number of phenols is 1. The second-order valence-electron chi connectivity index (χ2n) is 4.09. The number of nitrogens with one attached hydrogen (secondary N) is 1. The summed E-state index contributed by atoms with van der Waals surface area (Å²) in [6.45, 7) is 3.71. The molecular weight excluding hydrogens is 304 g/mol. The van der Waals surface area contributed by atoms with Crippen molar-refractivity contribution in [3.8, 4) is 5.75 Å². The molecule has 1 amide bonds. The van der Waals surface area contributed by atoms with Crippen LogP contribution in [-0.2, 0) is 4.79 Å². The third-order valence-corrected chi connectivity index (χ3v) is 3.76. The Bertz CT molecular complexity index is 476. The molecule has 0 aliphatic carbocycles. The Morgan fingerprint density at radius 1 is 1.50 bits per heavy atom. The number of non-ortho nitro benzene ring substituents is 1. The van der Waals surface area contributed by atoms with Crippen LogP contribution in [0.3, 0.4) is 0 Å². The molecule has 18 heavy (non-hydrogen) atoms. The van der Waals surface area contributed by atoms with Crippen molar-refractivity contribution in [2.45, 2.75) is 18.7 Å². The quantitative estimate of drug-likeness (QED) is 0.386. The van der Waals surface area contributed by atoms with E-state index in [2.05, 4.69) is 21.2 Å². The maximum absolute atomic E-state index is 11.7. The van der Waals surface area contributed by atoms with E-state index in [-0.39, 0.29) is 28.9 Å². The Kier molecular flexibility index (Phi) is 4.66. The Morgan fingerprint density at radius 2 is 2.11 bits per heavy atom. The van der Waals surface area contributed by atoms with Crippen molar-refractivity contribution in [1.82, 2.24) is 0 Å². The molecule has 2 N–H and O–H groups in total. The van der Waals surface area contributed by atoms with Crippen LogP contribution in [0, 0.1) is 16.0 Å². The number of nitro groups is 1. The van der Waals surface area contributed by atoms with Crippen molar-refractivity contribution in [2.24, 2.45) is 5.92 Å². The number of alkyl halides is 1. The fraction of sp³-hybridized carbons (Fsp3) is 0.364. The lowest BCUT2D eigenvalue weighted by Gasteiger charge is -2.14. The number of nitrogens with zero attached hydrogens (tertiary/aromatic N) is 1. The first-order valence-corrected chi connectivity index (χ1v) is 6.17. The Balaban J connectivity index is 2.93.